The number of halogens is 2. The Morgan fingerprint density at radius 3 is 2.14 bits per heavy atom. The molecule has 1 aliphatic rings. The van der Waals surface area contributed by atoms with E-state index in [0.29, 0.717) is 10.5 Å². The van der Waals surface area contributed by atoms with Gasteiger partial charge in [0, 0.05) is 12.3 Å². The van der Waals surface area contributed by atoms with Gasteiger partial charge in [-0.05, 0) is 72.6 Å². The number of ketones is 1. The summed E-state index contributed by atoms with van der Waals surface area (Å²) in [6.45, 7) is 13.8. The van der Waals surface area contributed by atoms with Crippen molar-refractivity contribution in [3.8, 4) is 0 Å². The number of imide groups is 1. The summed E-state index contributed by atoms with van der Waals surface area (Å²) in [7, 11) is 0. The number of carbonyl (C=O) groups excluding carboxylic acids is 4. The normalized spacial score (nSPS) is 20.6. The molecule has 1 aliphatic heterocycles. The molecular weight excluding hydrogens is 677 g/mol. The molecule has 0 radical (unpaired) electrons. The molecule has 14 nitrogen and oxygen atoms in total. The van der Waals surface area contributed by atoms with Crippen LogP contribution in [0.3, 0.4) is 0 Å². The lowest BCUT2D eigenvalue weighted by Gasteiger charge is -2.31. The molecule has 50 heavy (non-hydrogen) atoms. The molecule has 4 rings (SSSR count). The van der Waals surface area contributed by atoms with Gasteiger partial charge in [-0.15, -0.1) is 0 Å². The molecule has 0 saturated carbocycles. The number of fused-ring (bicyclic) bond motifs is 1. The molecule has 1 saturated heterocycles. The lowest BCUT2D eigenvalue weighted by atomic mass is 9.90. The third-order valence-electron chi connectivity index (χ3n) is 7.65. The summed E-state index contributed by atoms with van der Waals surface area (Å²) in [6, 6.07) is 8.83. The van der Waals surface area contributed by atoms with Gasteiger partial charge < -0.3 is 23.7 Å². The van der Waals surface area contributed by atoms with Gasteiger partial charge in [-0.3, -0.25) is 4.79 Å². The van der Waals surface area contributed by atoms with Crippen LogP contribution in [0.15, 0.2) is 36.5 Å². The number of rotatable bonds is 10. The third kappa shape index (κ3) is 8.56. The summed E-state index contributed by atoms with van der Waals surface area (Å²) in [5.41, 5.74) is -3.42. The number of hydrogen-bond acceptors (Lipinski definition) is 12. The Hall–Kier alpha value is -4.21. The van der Waals surface area contributed by atoms with Crippen LogP contribution in [-0.4, -0.2) is 86.0 Å². The Kier molecular flexibility index (Phi) is 11.5. The Labute approximate surface area is 294 Å². The molecule has 1 aromatic carbocycles. The minimum atomic E-state index is -2.01. The van der Waals surface area contributed by atoms with E-state index in [1.54, 1.807) is 85.7 Å². The van der Waals surface area contributed by atoms with E-state index in [-0.39, 0.29) is 36.5 Å². The van der Waals surface area contributed by atoms with Gasteiger partial charge in [0.1, 0.15) is 11.2 Å². The molecule has 16 heteroatoms. The third-order valence-corrected chi connectivity index (χ3v) is 7.82. The highest BCUT2D eigenvalue weighted by molar-refractivity contribution is 6.29. The van der Waals surface area contributed by atoms with Crippen molar-refractivity contribution in [3.05, 3.63) is 47.4 Å². The van der Waals surface area contributed by atoms with Crippen LogP contribution in [0.2, 0.25) is 5.28 Å². The fourth-order valence-corrected chi connectivity index (χ4v) is 5.40. The van der Waals surface area contributed by atoms with Gasteiger partial charge in [0.2, 0.25) is 10.9 Å². The number of carbonyl (C=O) groups is 4. The first kappa shape index (κ1) is 38.6. The summed E-state index contributed by atoms with van der Waals surface area (Å²) in [6.07, 6.45) is -5.14. The highest BCUT2D eigenvalue weighted by atomic mass is 35.5. The number of benzene rings is 1. The topological polar surface area (TPSA) is 161 Å². The zero-order chi connectivity index (χ0) is 37.2. The second-order valence-electron chi connectivity index (χ2n) is 13.9. The number of ether oxygens (including phenoxy) is 5. The highest BCUT2D eigenvalue weighted by Gasteiger charge is 2.50. The zero-order valence-electron chi connectivity index (χ0n) is 29.6. The Bertz CT molecular complexity index is 1700. The summed E-state index contributed by atoms with van der Waals surface area (Å²) in [5, 5.41) is 3.93. The van der Waals surface area contributed by atoms with Crippen molar-refractivity contribution in [1.29, 1.82) is 0 Å². The van der Waals surface area contributed by atoms with Crippen molar-refractivity contribution < 1.29 is 47.3 Å². The number of alkyl halides is 1. The van der Waals surface area contributed by atoms with Gasteiger partial charge in [-0.2, -0.15) is 20.0 Å². The van der Waals surface area contributed by atoms with Gasteiger partial charge in [0.25, 0.3) is 0 Å². The van der Waals surface area contributed by atoms with Gasteiger partial charge in [-0.25, -0.2) is 23.5 Å². The number of Topliss-reactive ketones (excluding diaryl/α,β-unsaturated/α-hetero) is 1. The van der Waals surface area contributed by atoms with Crippen LogP contribution in [0.5, 0.6) is 0 Å². The summed E-state index contributed by atoms with van der Waals surface area (Å²) in [4.78, 5) is 61.9. The summed E-state index contributed by atoms with van der Waals surface area (Å²) in [5.74, 6) is -2.58. The summed E-state index contributed by atoms with van der Waals surface area (Å²) >= 11 is 6.30. The van der Waals surface area contributed by atoms with Crippen molar-refractivity contribution in [2.75, 3.05) is 18.1 Å². The van der Waals surface area contributed by atoms with Gasteiger partial charge in [0.15, 0.2) is 29.6 Å². The number of aromatic nitrogens is 4. The average Bonchev–Trinajstić information content (AvgIpc) is 3.53. The number of esters is 1. The first-order chi connectivity index (χ1) is 23.3. The van der Waals surface area contributed by atoms with Crippen LogP contribution < -0.4 is 4.90 Å². The van der Waals surface area contributed by atoms with Gasteiger partial charge >= 0.3 is 18.2 Å². The molecule has 2 aromatic heterocycles. The monoisotopic (exact) mass is 719 g/mol. The molecule has 3 aromatic rings. The lowest BCUT2D eigenvalue weighted by Crippen LogP contribution is -2.52. The molecule has 1 fully saturated rings. The van der Waals surface area contributed by atoms with Crippen LogP contribution >= 0.6 is 11.6 Å². The minimum absolute atomic E-state index is 0.00896. The molecule has 2 amide bonds. The maximum absolute atomic E-state index is 16.1. The zero-order valence-corrected chi connectivity index (χ0v) is 30.3. The van der Waals surface area contributed by atoms with Crippen LogP contribution in [0, 0.1) is 5.92 Å². The number of nitrogens with zero attached hydrogens (tertiary/aromatic N) is 5. The Morgan fingerprint density at radius 1 is 1.00 bits per heavy atom. The van der Waals surface area contributed by atoms with Crippen molar-refractivity contribution in [2.24, 2.45) is 5.92 Å². The van der Waals surface area contributed by atoms with Gasteiger partial charge in [0.05, 0.1) is 30.9 Å². The van der Waals surface area contributed by atoms with E-state index in [4.69, 9.17) is 35.3 Å². The number of amides is 2. The van der Waals surface area contributed by atoms with Crippen LogP contribution in [0.25, 0.3) is 11.0 Å². The first-order valence-corrected chi connectivity index (χ1v) is 16.5. The van der Waals surface area contributed by atoms with E-state index >= 15 is 4.39 Å². The van der Waals surface area contributed by atoms with Crippen molar-refractivity contribution >= 4 is 52.4 Å². The predicted molar refractivity (Wildman–Crippen MR) is 179 cm³/mol. The standard InChI is InChI=1S/C34H43ClFN5O9/c1-10-46-28(43)34(20(3)42,16-21-14-12-11-13-15-21)47-18-23-19(2)24(36)27(48-23)41-26-22(17-37-41)25(38-29(35)39-26)40(30(44)49-32(4,5)6)31(45)50-33(7,8)9/h11-15,17,19,23-24,27H,10,16,18H2,1-9H3/t19-,23-,24+,27-,34?/m1/s1. The van der Waals surface area contributed by atoms with E-state index in [1.807, 2.05) is 0 Å². The van der Waals surface area contributed by atoms with E-state index in [2.05, 4.69) is 15.1 Å². The molecule has 0 spiro atoms. The van der Waals surface area contributed by atoms with E-state index in [9.17, 15) is 19.2 Å². The largest absolute Gasteiger partial charge is 0.463 e. The Balaban J connectivity index is 1.69. The second-order valence-corrected chi connectivity index (χ2v) is 14.2. The lowest BCUT2D eigenvalue weighted by molar-refractivity contribution is -0.182. The summed E-state index contributed by atoms with van der Waals surface area (Å²) < 4.78 is 45.6. The molecule has 0 N–H and O–H groups in total. The van der Waals surface area contributed by atoms with Crippen LogP contribution in [0.1, 0.15) is 74.1 Å². The van der Waals surface area contributed by atoms with Crippen LogP contribution in [-0.2, 0) is 39.7 Å². The fourth-order valence-electron chi connectivity index (χ4n) is 5.24. The quantitative estimate of drug-likeness (QED) is 0.101. The van der Waals surface area contributed by atoms with E-state index < -0.39 is 70.4 Å². The highest BCUT2D eigenvalue weighted by Crippen LogP contribution is 2.39. The molecule has 3 heterocycles. The minimum Gasteiger partial charge on any atom is -0.463 e. The van der Waals surface area contributed by atoms with Crippen molar-refractivity contribution in [3.63, 3.8) is 0 Å². The molecule has 272 valence electrons. The van der Waals surface area contributed by atoms with E-state index in [0.717, 1.165) is 4.68 Å². The van der Waals surface area contributed by atoms with Crippen molar-refractivity contribution in [1.82, 2.24) is 19.7 Å². The molecule has 5 atom stereocenters. The first-order valence-electron chi connectivity index (χ1n) is 16.1. The smallest absolute Gasteiger partial charge is 0.425 e. The molecular formula is C34H43ClFN5O9. The SMILES string of the molecule is CCOC(=O)C(Cc1ccccc1)(OC[C@H]1O[C@@H](n2ncc3c(N(C(=O)OC(C)(C)C)C(=O)OC(C)(C)C)nc(Cl)nc32)[C@@H](F)[C@@H]1C)C(C)=O. The van der Waals surface area contributed by atoms with Gasteiger partial charge in [-0.1, -0.05) is 37.3 Å². The average molecular weight is 720 g/mol. The predicted octanol–water partition coefficient (Wildman–Crippen LogP) is 6.18. The maximum atomic E-state index is 16.1. The second kappa shape index (κ2) is 15.0. The Morgan fingerprint density at radius 2 is 1.60 bits per heavy atom. The maximum Gasteiger partial charge on any atom is 0.425 e. The number of hydrogen-bond donors (Lipinski definition) is 0. The van der Waals surface area contributed by atoms with Crippen molar-refractivity contribution in [2.45, 2.75) is 104 Å². The molecule has 0 bridgehead atoms. The number of anilines is 1. The van der Waals surface area contributed by atoms with Crippen LogP contribution in [0.4, 0.5) is 19.8 Å². The molecule has 0 aliphatic carbocycles. The fraction of sp³-hybridized carbons (Fsp3) is 0.559. The van der Waals surface area contributed by atoms with E-state index in [1.165, 1.54) is 13.1 Å². The molecule has 1 unspecified atom stereocenters.